The van der Waals surface area contributed by atoms with Crippen LogP contribution in [0.1, 0.15) is 31.5 Å². The highest BCUT2D eigenvalue weighted by atomic mass is 19.1. The van der Waals surface area contributed by atoms with Crippen LogP contribution in [0, 0.1) is 23.6 Å². The average Bonchev–Trinajstić information content (AvgIpc) is 3.27. The van der Waals surface area contributed by atoms with Gasteiger partial charge in [-0.15, -0.1) is 0 Å². The van der Waals surface area contributed by atoms with Crippen molar-refractivity contribution in [3.8, 4) is 0 Å². The smallest absolute Gasteiger partial charge is 0.303 e. The van der Waals surface area contributed by atoms with Crippen LogP contribution in [0.25, 0.3) is 11.0 Å². The number of aliphatic carboxylic acids is 1. The Hall–Kier alpha value is -1.95. The molecule has 0 bridgehead atoms. The molecule has 2 N–H and O–H groups in total. The molecule has 5 nitrogen and oxygen atoms in total. The van der Waals surface area contributed by atoms with Crippen molar-refractivity contribution in [1.82, 2.24) is 14.9 Å². The Morgan fingerprint density at radius 2 is 2.16 bits per heavy atom. The number of H-pyrrole nitrogens is 1. The number of nitrogens with zero attached hydrogens (tertiary/aromatic N) is 2. The summed E-state index contributed by atoms with van der Waals surface area (Å²) in [6.45, 7) is 3.07. The van der Waals surface area contributed by atoms with Crippen LogP contribution in [0.5, 0.6) is 0 Å². The second-order valence-electron chi connectivity index (χ2n) is 7.66. The Morgan fingerprint density at radius 1 is 1.32 bits per heavy atom. The van der Waals surface area contributed by atoms with Crippen molar-refractivity contribution in [3.63, 3.8) is 0 Å². The van der Waals surface area contributed by atoms with Crippen molar-refractivity contribution in [2.45, 2.75) is 32.1 Å². The van der Waals surface area contributed by atoms with Crippen molar-refractivity contribution >= 4 is 17.0 Å². The van der Waals surface area contributed by atoms with Crippen molar-refractivity contribution in [3.05, 3.63) is 29.8 Å². The first-order chi connectivity index (χ1) is 12.1. The minimum Gasteiger partial charge on any atom is -0.481 e. The Bertz CT molecular complexity index is 771. The summed E-state index contributed by atoms with van der Waals surface area (Å²) in [6, 6.07) is 4.55. The van der Waals surface area contributed by atoms with Crippen molar-refractivity contribution in [2.24, 2.45) is 17.8 Å². The predicted octanol–water partition coefficient (Wildman–Crippen LogP) is 3.07. The number of carboxylic acids is 1. The van der Waals surface area contributed by atoms with Gasteiger partial charge < -0.3 is 15.0 Å². The van der Waals surface area contributed by atoms with Crippen LogP contribution < -0.4 is 0 Å². The molecule has 1 saturated heterocycles. The fourth-order valence-electron chi connectivity index (χ4n) is 4.09. The molecule has 0 radical (unpaired) electrons. The second-order valence-corrected chi connectivity index (χ2v) is 7.66. The van der Waals surface area contributed by atoms with Gasteiger partial charge in [-0.2, -0.15) is 0 Å². The quantitative estimate of drug-likeness (QED) is 0.844. The summed E-state index contributed by atoms with van der Waals surface area (Å²) in [5.41, 5.74) is 1.47. The van der Waals surface area contributed by atoms with Crippen LogP contribution in [-0.4, -0.2) is 45.6 Å². The number of likely N-dealkylation sites (tertiary alicyclic amines) is 1. The minimum absolute atomic E-state index is 0.179. The number of hydrogen-bond acceptors (Lipinski definition) is 3. The standard InChI is InChI=1S/C19H24FN3O2/c20-15-3-4-16-17(9-15)22-18(21-16)7-14-11-23(10-12-1-2-12)6-5-13(14)8-19(24)25/h3-4,9,12-14H,1-2,5-8,10-11H2,(H,21,22)(H,24,25)/t13-,14-/m0/s1. The molecule has 0 unspecified atom stereocenters. The van der Waals surface area contributed by atoms with Gasteiger partial charge in [-0.25, -0.2) is 9.37 Å². The van der Waals surface area contributed by atoms with Gasteiger partial charge in [0.2, 0.25) is 0 Å². The van der Waals surface area contributed by atoms with E-state index in [9.17, 15) is 14.3 Å². The van der Waals surface area contributed by atoms with Gasteiger partial charge >= 0.3 is 5.97 Å². The molecule has 134 valence electrons. The number of hydrogen-bond donors (Lipinski definition) is 2. The molecule has 4 rings (SSSR count). The zero-order chi connectivity index (χ0) is 17.4. The van der Waals surface area contributed by atoms with Gasteiger partial charge in [-0.1, -0.05) is 0 Å². The van der Waals surface area contributed by atoms with Crippen LogP contribution >= 0.6 is 0 Å². The fourth-order valence-corrected chi connectivity index (χ4v) is 4.09. The lowest BCUT2D eigenvalue weighted by molar-refractivity contribution is -0.139. The van der Waals surface area contributed by atoms with Gasteiger partial charge in [0.15, 0.2) is 0 Å². The number of piperidine rings is 1. The van der Waals surface area contributed by atoms with E-state index >= 15 is 0 Å². The molecular formula is C19H24FN3O2. The largest absolute Gasteiger partial charge is 0.481 e. The van der Waals surface area contributed by atoms with E-state index in [0.717, 1.165) is 49.7 Å². The van der Waals surface area contributed by atoms with Gasteiger partial charge in [0.1, 0.15) is 11.6 Å². The molecule has 2 fully saturated rings. The maximum absolute atomic E-state index is 13.4. The molecule has 1 saturated carbocycles. The Kier molecular flexibility index (Phi) is 4.46. The lowest BCUT2D eigenvalue weighted by atomic mass is 9.81. The molecule has 2 heterocycles. The van der Waals surface area contributed by atoms with Crippen LogP contribution in [0.15, 0.2) is 18.2 Å². The highest BCUT2D eigenvalue weighted by Crippen LogP contribution is 2.34. The second kappa shape index (κ2) is 6.75. The number of aromatic nitrogens is 2. The highest BCUT2D eigenvalue weighted by Gasteiger charge is 2.34. The Balaban J connectivity index is 1.50. The van der Waals surface area contributed by atoms with E-state index in [4.69, 9.17) is 0 Å². The summed E-state index contributed by atoms with van der Waals surface area (Å²) in [4.78, 5) is 21.5. The third-order valence-corrected chi connectivity index (χ3v) is 5.57. The van der Waals surface area contributed by atoms with Crippen LogP contribution in [0.2, 0.25) is 0 Å². The molecule has 0 spiro atoms. The summed E-state index contributed by atoms with van der Waals surface area (Å²) in [7, 11) is 0. The average molecular weight is 345 g/mol. The van der Waals surface area contributed by atoms with E-state index in [1.807, 2.05) is 0 Å². The van der Waals surface area contributed by atoms with E-state index in [0.29, 0.717) is 5.52 Å². The number of imidazole rings is 1. The number of rotatable bonds is 6. The summed E-state index contributed by atoms with van der Waals surface area (Å²) < 4.78 is 13.4. The molecule has 1 aliphatic carbocycles. The topological polar surface area (TPSA) is 69.2 Å². The SMILES string of the molecule is O=C(O)C[C@@H]1CCN(CC2CC2)C[C@@H]1Cc1nc2ccc(F)cc2[nH]1. The first-order valence-corrected chi connectivity index (χ1v) is 9.15. The van der Waals surface area contributed by atoms with Crippen molar-refractivity contribution < 1.29 is 14.3 Å². The van der Waals surface area contributed by atoms with Gasteiger partial charge in [-0.3, -0.25) is 4.79 Å². The molecule has 2 aromatic rings. The molecule has 25 heavy (non-hydrogen) atoms. The molecular weight excluding hydrogens is 321 g/mol. The minimum atomic E-state index is -0.725. The lowest BCUT2D eigenvalue weighted by Crippen LogP contribution is -2.43. The number of aromatic amines is 1. The zero-order valence-electron chi connectivity index (χ0n) is 14.2. The molecule has 1 aromatic heterocycles. The maximum atomic E-state index is 13.4. The fraction of sp³-hybridized carbons (Fsp3) is 0.579. The van der Waals surface area contributed by atoms with Gasteiger partial charge in [-0.05, 0) is 61.8 Å². The van der Waals surface area contributed by atoms with E-state index in [-0.39, 0.29) is 24.1 Å². The Labute approximate surface area is 146 Å². The molecule has 0 amide bonds. The van der Waals surface area contributed by atoms with Crippen LogP contribution in [0.3, 0.4) is 0 Å². The van der Waals surface area contributed by atoms with E-state index in [1.165, 1.54) is 25.0 Å². The van der Waals surface area contributed by atoms with Gasteiger partial charge in [0.25, 0.3) is 0 Å². The summed E-state index contributed by atoms with van der Waals surface area (Å²) in [6.07, 6.45) is 4.52. The first-order valence-electron chi connectivity index (χ1n) is 9.15. The van der Waals surface area contributed by atoms with Crippen LogP contribution in [-0.2, 0) is 11.2 Å². The third kappa shape index (κ3) is 4.00. The maximum Gasteiger partial charge on any atom is 0.303 e. The molecule has 1 aromatic carbocycles. The molecule has 1 aliphatic heterocycles. The normalized spacial score (nSPS) is 24.7. The number of carbonyl (C=O) groups is 1. The van der Waals surface area contributed by atoms with Crippen LogP contribution in [0.4, 0.5) is 4.39 Å². The number of halogens is 1. The third-order valence-electron chi connectivity index (χ3n) is 5.57. The summed E-state index contributed by atoms with van der Waals surface area (Å²) in [5, 5.41) is 9.24. The monoisotopic (exact) mass is 345 g/mol. The highest BCUT2D eigenvalue weighted by molar-refractivity contribution is 5.74. The number of fused-ring (bicyclic) bond motifs is 1. The van der Waals surface area contributed by atoms with Gasteiger partial charge in [0, 0.05) is 25.9 Å². The Morgan fingerprint density at radius 3 is 2.92 bits per heavy atom. The summed E-state index contributed by atoms with van der Waals surface area (Å²) >= 11 is 0. The zero-order valence-corrected chi connectivity index (χ0v) is 14.2. The van der Waals surface area contributed by atoms with E-state index in [1.54, 1.807) is 6.07 Å². The van der Waals surface area contributed by atoms with Gasteiger partial charge in [0.05, 0.1) is 11.0 Å². The van der Waals surface area contributed by atoms with Crippen molar-refractivity contribution in [2.75, 3.05) is 19.6 Å². The molecule has 2 aliphatic rings. The van der Waals surface area contributed by atoms with E-state index < -0.39 is 5.97 Å². The molecule has 6 heteroatoms. The van der Waals surface area contributed by atoms with E-state index in [2.05, 4.69) is 14.9 Å². The summed E-state index contributed by atoms with van der Waals surface area (Å²) in [5.74, 6) is 1.11. The molecule has 2 atom stereocenters. The lowest BCUT2D eigenvalue weighted by Gasteiger charge is -2.38. The van der Waals surface area contributed by atoms with Crippen molar-refractivity contribution in [1.29, 1.82) is 0 Å². The predicted molar refractivity (Wildman–Crippen MR) is 92.8 cm³/mol. The number of benzene rings is 1. The number of nitrogens with one attached hydrogen (secondary N) is 1. The number of carboxylic acid groups (broad SMARTS) is 1. The first kappa shape index (κ1) is 16.5.